The molecule has 0 aromatic heterocycles. The Kier molecular flexibility index (Phi) is 18.0. The molecule has 3 rings (SSSR count). The Balaban J connectivity index is 0.00000560. The third kappa shape index (κ3) is 13.7. The monoisotopic (exact) mass is 652 g/mol. The van der Waals surface area contributed by atoms with Gasteiger partial charge in [0.2, 0.25) is 0 Å². The van der Waals surface area contributed by atoms with Crippen molar-refractivity contribution in [2.24, 2.45) is 0 Å². The molecule has 1 N–H and O–H groups in total. The first-order valence-corrected chi connectivity index (χ1v) is 16.0. The van der Waals surface area contributed by atoms with Gasteiger partial charge in [0.25, 0.3) is 5.91 Å². The number of benzene rings is 2. The van der Waals surface area contributed by atoms with Crippen molar-refractivity contribution in [3.8, 4) is 11.5 Å². The van der Waals surface area contributed by atoms with Crippen LogP contribution < -0.4 is 14.8 Å². The van der Waals surface area contributed by atoms with Gasteiger partial charge in [0.15, 0.2) is 18.1 Å². The standard InChI is InChI=1S/C32H45ClN2O3S.BrH/c1-2-3-4-5-6-7-8-9-10-11-12-13-22-37-32-29(33)15-14-16-30(32)38-25-31(36)34-28-19-17-27(18-20-28)24-35-21-23-39-26-35;/h14-21,23H,2-13,22,24-26H2,1H3,(H,34,36);1H. The fraction of sp³-hybridized carbons (Fsp3) is 0.531. The summed E-state index contributed by atoms with van der Waals surface area (Å²) < 4.78 is 11.8. The Hall–Kier alpha value is -1.83. The average molecular weight is 654 g/mol. The molecule has 5 nitrogen and oxygen atoms in total. The molecule has 0 bridgehead atoms. The molecule has 0 unspecified atom stereocenters. The van der Waals surface area contributed by atoms with Gasteiger partial charge in [0.05, 0.1) is 17.5 Å². The normalized spacial score (nSPS) is 12.3. The number of nitrogens with one attached hydrogen (secondary N) is 1. The molecule has 2 aromatic rings. The fourth-order valence-corrected chi connectivity index (χ4v) is 5.47. The molecule has 40 heavy (non-hydrogen) atoms. The van der Waals surface area contributed by atoms with Crippen molar-refractivity contribution < 1.29 is 14.3 Å². The molecule has 1 amide bonds. The molecular formula is C32H46BrClN2O3S. The van der Waals surface area contributed by atoms with Crippen molar-refractivity contribution in [1.29, 1.82) is 0 Å². The molecule has 0 spiro atoms. The van der Waals surface area contributed by atoms with Crippen molar-refractivity contribution in [3.05, 3.63) is 64.7 Å². The van der Waals surface area contributed by atoms with Gasteiger partial charge in [-0.2, -0.15) is 0 Å². The Labute approximate surface area is 261 Å². The molecule has 2 aromatic carbocycles. The minimum Gasteiger partial charge on any atom is -0.488 e. The van der Waals surface area contributed by atoms with Crippen LogP contribution in [0, 0.1) is 0 Å². The van der Waals surface area contributed by atoms with Gasteiger partial charge in [0.1, 0.15) is 0 Å². The van der Waals surface area contributed by atoms with E-state index in [2.05, 4.69) is 28.7 Å². The fourth-order valence-electron chi connectivity index (χ4n) is 4.54. The predicted octanol–water partition coefficient (Wildman–Crippen LogP) is 9.99. The number of thioether (sulfide) groups is 1. The van der Waals surface area contributed by atoms with Crippen molar-refractivity contribution in [1.82, 2.24) is 4.90 Å². The number of carbonyl (C=O) groups is 1. The number of amides is 1. The number of para-hydroxylation sites is 1. The number of nitrogens with zero attached hydrogens (tertiary/aromatic N) is 1. The molecule has 8 heteroatoms. The molecular weight excluding hydrogens is 608 g/mol. The number of halogens is 2. The van der Waals surface area contributed by atoms with Crippen molar-refractivity contribution >= 4 is 51.9 Å². The van der Waals surface area contributed by atoms with Crippen LogP contribution in [-0.2, 0) is 11.3 Å². The molecule has 0 saturated heterocycles. The minimum atomic E-state index is -0.228. The Morgan fingerprint density at radius 1 is 0.900 bits per heavy atom. The first-order chi connectivity index (χ1) is 19.2. The lowest BCUT2D eigenvalue weighted by Crippen LogP contribution is -2.20. The topological polar surface area (TPSA) is 50.8 Å². The van der Waals surface area contributed by atoms with Gasteiger partial charge >= 0.3 is 0 Å². The van der Waals surface area contributed by atoms with Gasteiger partial charge in [-0.05, 0) is 41.7 Å². The highest BCUT2D eigenvalue weighted by Crippen LogP contribution is 2.35. The maximum absolute atomic E-state index is 12.5. The lowest BCUT2D eigenvalue weighted by atomic mass is 10.1. The van der Waals surface area contributed by atoms with E-state index in [1.807, 2.05) is 24.3 Å². The summed E-state index contributed by atoms with van der Waals surface area (Å²) >= 11 is 8.17. The Morgan fingerprint density at radius 2 is 1.55 bits per heavy atom. The van der Waals surface area contributed by atoms with Gasteiger partial charge in [-0.3, -0.25) is 4.79 Å². The summed E-state index contributed by atoms with van der Waals surface area (Å²) in [5.74, 6) is 1.75. The second kappa shape index (κ2) is 21.0. The average Bonchev–Trinajstić information content (AvgIpc) is 3.45. The maximum Gasteiger partial charge on any atom is 0.262 e. The van der Waals surface area contributed by atoms with Gasteiger partial charge in [-0.1, -0.05) is 107 Å². The molecule has 0 radical (unpaired) electrons. The first kappa shape index (κ1) is 34.4. The first-order valence-electron chi connectivity index (χ1n) is 14.6. The summed E-state index contributed by atoms with van der Waals surface area (Å²) in [5.41, 5.74) is 1.94. The van der Waals surface area contributed by atoms with Gasteiger partial charge in [0, 0.05) is 18.4 Å². The van der Waals surface area contributed by atoms with Crippen LogP contribution in [0.3, 0.4) is 0 Å². The molecule has 222 valence electrons. The van der Waals surface area contributed by atoms with Crippen LogP contribution in [0.1, 0.15) is 89.5 Å². The Bertz CT molecular complexity index is 1010. The number of ether oxygens (including phenoxy) is 2. The van der Waals surface area contributed by atoms with E-state index in [1.54, 1.807) is 30.0 Å². The van der Waals surface area contributed by atoms with Crippen LogP contribution in [0.4, 0.5) is 5.69 Å². The van der Waals surface area contributed by atoms with Crippen molar-refractivity contribution in [2.45, 2.75) is 90.5 Å². The quantitative estimate of drug-likeness (QED) is 0.144. The number of anilines is 1. The summed E-state index contributed by atoms with van der Waals surface area (Å²) in [6.45, 7) is 3.59. The van der Waals surface area contributed by atoms with Crippen LogP contribution in [0.15, 0.2) is 54.1 Å². The third-order valence-corrected chi connectivity index (χ3v) is 7.86. The highest BCUT2D eigenvalue weighted by atomic mass is 79.9. The second-order valence-electron chi connectivity index (χ2n) is 10.2. The smallest absolute Gasteiger partial charge is 0.262 e. The van der Waals surface area contributed by atoms with E-state index in [1.165, 1.54) is 69.8 Å². The second-order valence-corrected chi connectivity index (χ2v) is 11.4. The number of hydrogen-bond acceptors (Lipinski definition) is 5. The SMILES string of the molecule is Br.CCCCCCCCCCCCCCOc1c(Cl)cccc1OCC(=O)Nc1ccc(CN2C=CSC2)cc1. The Morgan fingerprint density at radius 3 is 2.17 bits per heavy atom. The van der Waals surface area contributed by atoms with Crippen LogP contribution >= 0.6 is 40.3 Å². The molecule has 0 fully saturated rings. The van der Waals surface area contributed by atoms with Crippen LogP contribution in [-0.4, -0.2) is 29.9 Å². The molecule has 0 atom stereocenters. The van der Waals surface area contributed by atoms with E-state index < -0.39 is 0 Å². The van der Waals surface area contributed by atoms with Gasteiger partial charge in [-0.25, -0.2) is 0 Å². The van der Waals surface area contributed by atoms with E-state index in [-0.39, 0.29) is 29.5 Å². The highest BCUT2D eigenvalue weighted by Gasteiger charge is 2.12. The zero-order valence-electron chi connectivity index (χ0n) is 23.9. The number of hydrogen-bond donors (Lipinski definition) is 1. The van der Waals surface area contributed by atoms with E-state index in [0.717, 1.165) is 31.0 Å². The summed E-state index contributed by atoms with van der Waals surface area (Å²) in [6.07, 6.45) is 17.7. The zero-order valence-corrected chi connectivity index (χ0v) is 27.2. The summed E-state index contributed by atoms with van der Waals surface area (Å²) in [5, 5.41) is 5.49. The zero-order chi connectivity index (χ0) is 27.5. The minimum absolute atomic E-state index is 0. The van der Waals surface area contributed by atoms with E-state index in [0.29, 0.717) is 23.1 Å². The van der Waals surface area contributed by atoms with Crippen molar-refractivity contribution in [3.63, 3.8) is 0 Å². The summed E-state index contributed by atoms with van der Waals surface area (Å²) in [6, 6.07) is 13.3. The molecule has 1 aliphatic rings. The third-order valence-electron chi connectivity index (χ3n) is 6.77. The number of rotatable bonds is 20. The van der Waals surface area contributed by atoms with Crippen LogP contribution in [0.5, 0.6) is 11.5 Å². The lowest BCUT2D eigenvalue weighted by Gasteiger charge is -2.15. The molecule has 1 aliphatic heterocycles. The molecule has 1 heterocycles. The maximum atomic E-state index is 12.5. The van der Waals surface area contributed by atoms with Gasteiger partial charge in [-0.15, -0.1) is 28.7 Å². The highest BCUT2D eigenvalue weighted by molar-refractivity contribution is 8.93. The number of carbonyl (C=O) groups excluding carboxylic acids is 1. The van der Waals surface area contributed by atoms with Crippen LogP contribution in [0.2, 0.25) is 5.02 Å². The van der Waals surface area contributed by atoms with Gasteiger partial charge < -0.3 is 19.7 Å². The largest absolute Gasteiger partial charge is 0.488 e. The van der Waals surface area contributed by atoms with Crippen LogP contribution in [0.25, 0.3) is 0 Å². The van der Waals surface area contributed by atoms with E-state index in [4.69, 9.17) is 21.1 Å². The lowest BCUT2D eigenvalue weighted by molar-refractivity contribution is -0.118. The summed E-state index contributed by atoms with van der Waals surface area (Å²) in [7, 11) is 0. The molecule has 0 aliphatic carbocycles. The summed E-state index contributed by atoms with van der Waals surface area (Å²) in [4.78, 5) is 14.7. The molecule has 0 saturated carbocycles. The van der Waals surface area contributed by atoms with E-state index in [9.17, 15) is 4.79 Å². The predicted molar refractivity (Wildman–Crippen MR) is 176 cm³/mol. The number of unbranched alkanes of at least 4 members (excludes halogenated alkanes) is 11. The van der Waals surface area contributed by atoms with E-state index >= 15 is 0 Å². The van der Waals surface area contributed by atoms with Crippen molar-refractivity contribution in [2.75, 3.05) is 24.4 Å².